The zero-order valence-electron chi connectivity index (χ0n) is 14.3. The molecule has 0 spiro atoms. The van der Waals surface area contributed by atoms with E-state index in [2.05, 4.69) is 14.9 Å². The molecule has 0 atom stereocenters. The second kappa shape index (κ2) is 8.80. The molecule has 0 fully saturated rings. The molecule has 6 nitrogen and oxygen atoms in total. The first-order valence-electron chi connectivity index (χ1n) is 7.69. The topological polar surface area (TPSA) is 60.3 Å². The summed E-state index contributed by atoms with van der Waals surface area (Å²) in [6, 6.07) is 6.23. The number of amides is 1. The van der Waals surface area contributed by atoms with Crippen LogP contribution in [0, 0.1) is 0 Å². The van der Waals surface area contributed by atoms with E-state index in [1.54, 1.807) is 24.1 Å². The molecule has 0 radical (unpaired) electrons. The second-order valence-corrected chi connectivity index (χ2v) is 6.31. The number of benzene rings is 1. The van der Waals surface area contributed by atoms with Gasteiger partial charge in [-0.3, -0.25) is 4.79 Å². The van der Waals surface area contributed by atoms with Gasteiger partial charge in [-0.25, -0.2) is 0 Å². The van der Waals surface area contributed by atoms with Gasteiger partial charge in [0.15, 0.2) is 5.16 Å². The number of hydrogen-bond acceptors (Lipinski definition) is 5. The van der Waals surface area contributed by atoms with Crippen LogP contribution in [0.5, 0.6) is 5.75 Å². The van der Waals surface area contributed by atoms with Gasteiger partial charge in [-0.15, -0.1) is 10.2 Å². The first-order valence-corrected chi connectivity index (χ1v) is 8.68. The minimum absolute atomic E-state index is 0.0565. The van der Waals surface area contributed by atoms with Crippen molar-refractivity contribution in [3.63, 3.8) is 0 Å². The molecule has 0 N–H and O–H groups in total. The van der Waals surface area contributed by atoms with Crippen molar-refractivity contribution in [2.24, 2.45) is 7.05 Å². The second-order valence-electron chi connectivity index (χ2n) is 5.37. The van der Waals surface area contributed by atoms with E-state index in [1.165, 1.54) is 23.9 Å². The first kappa shape index (κ1) is 19.2. The summed E-state index contributed by atoms with van der Waals surface area (Å²) in [5, 5.41) is 8.82. The van der Waals surface area contributed by atoms with Crippen LogP contribution in [0.1, 0.15) is 18.3 Å². The third-order valence-electron chi connectivity index (χ3n) is 3.56. The number of carbonyl (C=O) groups is 1. The average Bonchev–Trinajstić information content (AvgIpc) is 2.93. The SMILES string of the molecule is CCc1nnc(SCC(=O)N(C)Cc2ccc(OC(F)F)cc2)n1C. The molecule has 2 aromatic rings. The molecule has 0 saturated carbocycles. The highest BCUT2D eigenvalue weighted by atomic mass is 32.2. The lowest BCUT2D eigenvalue weighted by molar-refractivity contribution is -0.127. The van der Waals surface area contributed by atoms with Crippen LogP contribution in [0.3, 0.4) is 0 Å². The van der Waals surface area contributed by atoms with Gasteiger partial charge in [0.05, 0.1) is 5.75 Å². The largest absolute Gasteiger partial charge is 0.435 e. The Balaban J connectivity index is 1.86. The Morgan fingerprint density at radius 1 is 1.32 bits per heavy atom. The Hall–Kier alpha value is -2.16. The van der Waals surface area contributed by atoms with Gasteiger partial charge in [0.25, 0.3) is 0 Å². The van der Waals surface area contributed by atoms with Crippen molar-refractivity contribution in [2.75, 3.05) is 12.8 Å². The maximum absolute atomic E-state index is 12.2. The number of aryl methyl sites for hydroxylation is 1. The minimum atomic E-state index is -2.85. The molecule has 0 bridgehead atoms. The van der Waals surface area contributed by atoms with Crippen molar-refractivity contribution in [1.29, 1.82) is 0 Å². The van der Waals surface area contributed by atoms with E-state index >= 15 is 0 Å². The number of halogens is 2. The quantitative estimate of drug-likeness (QED) is 0.669. The molecule has 1 aromatic heterocycles. The smallest absolute Gasteiger partial charge is 0.387 e. The van der Waals surface area contributed by atoms with Gasteiger partial charge in [-0.2, -0.15) is 8.78 Å². The van der Waals surface area contributed by atoms with Crippen molar-refractivity contribution >= 4 is 17.7 Å². The molecule has 1 amide bonds. The lowest BCUT2D eigenvalue weighted by Crippen LogP contribution is -2.27. The fourth-order valence-electron chi connectivity index (χ4n) is 2.15. The standard InChI is InChI=1S/C16H20F2N4O2S/c1-4-13-19-20-16(22(13)3)25-10-14(23)21(2)9-11-5-7-12(8-6-11)24-15(17)18/h5-8,15H,4,9-10H2,1-3H3. The van der Waals surface area contributed by atoms with Gasteiger partial charge in [0.2, 0.25) is 5.91 Å². The molecule has 136 valence electrons. The predicted molar refractivity (Wildman–Crippen MR) is 90.7 cm³/mol. The fourth-order valence-corrected chi connectivity index (χ4v) is 3.02. The van der Waals surface area contributed by atoms with Crippen LogP contribution in [0.4, 0.5) is 8.78 Å². The van der Waals surface area contributed by atoms with E-state index in [4.69, 9.17) is 0 Å². The molecule has 0 unspecified atom stereocenters. The zero-order chi connectivity index (χ0) is 18.4. The Labute approximate surface area is 149 Å². The Morgan fingerprint density at radius 2 is 2.00 bits per heavy atom. The number of nitrogens with zero attached hydrogens (tertiary/aromatic N) is 4. The van der Waals surface area contributed by atoms with Crippen molar-refractivity contribution in [3.8, 4) is 5.75 Å². The molecular formula is C16H20F2N4O2S. The number of aromatic nitrogens is 3. The van der Waals surface area contributed by atoms with Crippen molar-refractivity contribution in [1.82, 2.24) is 19.7 Å². The lowest BCUT2D eigenvalue weighted by atomic mass is 10.2. The molecule has 0 aliphatic carbocycles. The van der Waals surface area contributed by atoms with E-state index in [0.717, 1.165) is 17.8 Å². The number of hydrogen-bond donors (Lipinski definition) is 0. The summed E-state index contributed by atoms with van der Waals surface area (Å²) in [6.07, 6.45) is 0.781. The zero-order valence-corrected chi connectivity index (χ0v) is 15.1. The Bertz CT molecular complexity index is 707. The number of rotatable bonds is 8. The molecule has 0 aliphatic heterocycles. The summed E-state index contributed by atoms with van der Waals surface area (Å²) in [5.74, 6) is 1.16. The summed E-state index contributed by atoms with van der Waals surface area (Å²) in [6.45, 7) is -0.469. The lowest BCUT2D eigenvalue weighted by Gasteiger charge is -2.17. The Morgan fingerprint density at radius 3 is 2.56 bits per heavy atom. The maximum Gasteiger partial charge on any atom is 0.387 e. The summed E-state index contributed by atoms with van der Waals surface area (Å²) in [4.78, 5) is 13.8. The molecular weight excluding hydrogens is 350 g/mol. The number of carbonyl (C=O) groups excluding carboxylic acids is 1. The number of alkyl halides is 2. The summed E-state index contributed by atoms with van der Waals surface area (Å²) < 4.78 is 30.4. The third kappa shape index (κ3) is 5.42. The Kier molecular flexibility index (Phi) is 6.74. The van der Waals surface area contributed by atoms with Gasteiger partial charge in [0.1, 0.15) is 11.6 Å². The van der Waals surface area contributed by atoms with E-state index in [9.17, 15) is 13.6 Å². The van der Waals surface area contributed by atoms with E-state index < -0.39 is 6.61 Å². The molecule has 9 heteroatoms. The summed E-state index contributed by atoms with van der Waals surface area (Å²) >= 11 is 1.33. The van der Waals surface area contributed by atoms with Gasteiger partial charge >= 0.3 is 6.61 Å². The molecule has 0 saturated heterocycles. The van der Waals surface area contributed by atoms with Crippen LogP contribution in [0.15, 0.2) is 29.4 Å². The van der Waals surface area contributed by atoms with Crippen LogP contribution in [-0.4, -0.2) is 45.0 Å². The van der Waals surface area contributed by atoms with Crippen LogP contribution < -0.4 is 4.74 Å². The highest BCUT2D eigenvalue weighted by Crippen LogP contribution is 2.18. The van der Waals surface area contributed by atoms with E-state index in [0.29, 0.717) is 11.7 Å². The van der Waals surface area contributed by atoms with E-state index in [1.807, 2.05) is 18.5 Å². The van der Waals surface area contributed by atoms with Gasteiger partial charge < -0.3 is 14.2 Å². The molecule has 1 heterocycles. The molecule has 2 rings (SSSR count). The number of ether oxygens (including phenoxy) is 1. The van der Waals surface area contributed by atoms with Crippen molar-refractivity contribution in [3.05, 3.63) is 35.7 Å². The highest BCUT2D eigenvalue weighted by Gasteiger charge is 2.14. The van der Waals surface area contributed by atoms with Crippen LogP contribution >= 0.6 is 11.8 Å². The average molecular weight is 370 g/mol. The van der Waals surface area contributed by atoms with Crippen molar-refractivity contribution in [2.45, 2.75) is 31.7 Å². The molecule has 0 aliphatic rings. The van der Waals surface area contributed by atoms with Crippen molar-refractivity contribution < 1.29 is 18.3 Å². The van der Waals surface area contributed by atoms with Gasteiger partial charge in [-0.05, 0) is 17.7 Å². The first-order chi connectivity index (χ1) is 11.9. The molecule has 25 heavy (non-hydrogen) atoms. The van der Waals surface area contributed by atoms with Gasteiger partial charge in [-0.1, -0.05) is 30.8 Å². The summed E-state index contributed by atoms with van der Waals surface area (Å²) in [5.41, 5.74) is 0.828. The minimum Gasteiger partial charge on any atom is -0.435 e. The van der Waals surface area contributed by atoms with Crippen LogP contribution in [0.25, 0.3) is 0 Å². The summed E-state index contributed by atoms with van der Waals surface area (Å²) in [7, 11) is 3.57. The normalized spacial score (nSPS) is 11.0. The highest BCUT2D eigenvalue weighted by molar-refractivity contribution is 7.99. The third-order valence-corrected chi connectivity index (χ3v) is 4.57. The van der Waals surface area contributed by atoms with Crippen LogP contribution in [0.2, 0.25) is 0 Å². The predicted octanol–water partition coefficient (Wildman–Crippen LogP) is 2.73. The number of thioether (sulfide) groups is 1. The van der Waals surface area contributed by atoms with Gasteiger partial charge in [0, 0.05) is 27.1 Å². The fraction of sp³-hybridized carbons (Fsp3) is 0.438. The van der Waals surface area contributed by atoms with E-state index in [-0.39, 0.29) is 17.4 Å². The monoisotopic (exact) mass is 370 g/mol. The maximum atomic E-state index is 12.2. The molecule has 1 aromatic carbocycles. The van der Waals surface area contributed by atoms with Crippen LogP contribution in [-0.2, 0) is 24.8 Å².